The molecule has 0 fully saturated rings. The molecule has 2 N–H and O–H groups in total. The number of rotatable bonds is 9. The van der Waals surface area contributed by atoms with Crippen LogP contribution in [0.25, 0.3) is 0 Å². The average Bonchev–Trinajstić information content (AvgIpc) is 2.31. The third kappa shape index (κ3) is 7.65. The van der Waals surface area contributed by atoms with Gasteiger partial charge in [-0.25, -0.2) is 0 Å². The van der Waals surface area contributed by atoms with E-state index < -0.39 is 0 Å². The Balaban J connectivity index is 3.49. The monoisotopic (exact) mass is 229 g/mol. The number of nitrogens with one attached hydrogen (secondary N) is 2. The lowest BCUT2D eigenvalue weighted by Crippen LogP contribution is -2.39. The molecule has 0 heterocycles. The zero-order chi connectivity index (χ0) is 12.4. The maximum absolute atomic E-state index is 11.0. The number of likely N-dealkylation sites (N-methyl/N-ethyl adjacent to an activating group) is 1. The Morgan fingerprint density at radius 2 is 1.94 bits per heavy atom. The first-order chi connectivity index (χ1) is 7.63. The predicted octanol–water partition coefficient (Wildman–Crippen LogP) is 0.833. The van der Waals surface area contributed by atoms with E-state index in [0.717, 1.165) is 32.6 Å². The molecule has 0 aromatic carbocycles. The highest BCUT2D eigenvalue weighted by Gasteiger charge is 2.06. The third-order valence-electron chi connectivity index (χ3n) is 2.78. The van der Waals surface area contributed by atoms with Crippen molar-refractivity contribution < 1.29 is 4.79 Å². The fourth-order valence-corrected chi connectivity index (χ4v) is 1.66. The van der Waals surface area contributed by atoms with Gasteiger partial charge in [-0.1, -0.05) is 13.8 Å². The van der Waals surface area contributed by atoms with Gasteiger partial charge in [-0.05, 0) is 33.0 Å². The Hall–Kier alpha value is -0.610. The van der Waals surface area contributed by atoms with Crippen LogP contribution in [0.1, 0.15) is 33.6 Å². The van der Waals surface area contributed by atoms with Crippen molar-refractivity contribution in [2.45, 2.75) is 39.7 Å². The van der Waals surface area contributed by atoms with Gasteiger partial charge in [-0.2, -0.15) is 0 Å². The van der Waals surface area contributed by atoms with Gasteiger partial charge >= 0.3 is 0 Å². The predicted molar refractivity (Wildman–Crippen MR) is 68.6 cm³/mol. The second-order valence-corrected chi connectivity index (χ2v) is 4.12. The molecule has 4 heteroatoms. The molecule has 0 rings (SSSR count). The molecule has 0 aromatic heterocycles. The Bertz CT molecular complexity index is 181. The maximum atomic E-state index is 11.0. The summed E-state index contributed by atoms with van der Waals surface area (Å²) in [5.74, 6) is 0.123. The fraction of sp³-hybridized carbons (Fsp3) is 0.917. The zero-order valence-corrected chi connectivity index (χ0v) is 11.2. The summed E-state index contributed by atoms with van der Waals surface area (Å²) in [4.78, 5) is 13.4. The van der Waals surface area contributed by atoms with Crippen molar-refractivity contribution in [3.05, 3.63) is 0 Å². The molecule has 0 aromatic rings. The highest BCUT2D eigenvalue weighted by Crippen LogP contribution is 1.93. The van der Waals surface area contributed by atoms with Crippen molar-refractivity contribution in [1.82, 2.24) is 15.5 Å². The lowest BCUT2D eigenvalue weighted by molar-refractivity contribution is -0.120. The van der Waals surface area contributed by atoms with Gasteiger partial charge in [-0.3, -0.25) is 4.79 Å². The first kappa shape index (κ1) is 15.4. The minimum Gasteiger partial charge on any atom is -0.359 e. The number of carbonyl (C=O) groups excluding carboxylic acids is 1. The molecular weight excluding hydrogens is 202 g/mol. The molecule has 0 aliphatic carbocycles. The van der Waals surface area contributed by atoms with Crippen LogP contribution in [-0.4, -0.2) is 50.1 Å². The quantitative estimate of drug-likeness (QED) is 0.576. The molecule has 0 aliphatic rings. The highest BCUT2D eigenvalue weighted by molar-refractivity contribution is 5.75. The summed E-state index contributed by atoms with van der Waals surface area (Å²) in [5.41, 5.74) is 0. The van der Waals surface area contributed by atoms with E-state index in [1.165, 1.54) is 0 Å². The minimum absolute atomic E-state index is 0.123. The highest BCUT2D eigenvalue weighted by atomic mass is 16.1. The van der Waals surface area contributed by atoms with Crippen LogP contribution in [-0.2, 0) is 4.79 Å². The third-order valence-corrected chi connectivity index (χ3v) is 2.78. The summed E-state index contributed by atoms with van der Waals surface area (Å²) in [6, 6.07) is 0.490. The van der Waals surface area contributed by atoms with E-state index >= 15 is 0 Å². The van der Waals surface area contributed by atoms with Gasteiger partial charge in [0.15, 0.2) is 0 Å². The van der Waals surface area contributed by atoms with Crippen LogP contribution in [0.2, 0.25) is 0 Å². The van der Waals surface area contributed by atoms with Crippen LogP contribution < -0.4 is 10.6 Å². The molecular formula is C12H27N3O. The molecule has 0 saturated carbocycles. The topological polar surface area (TPSA) is 44.4 Å². The zero-order valence-electron chi connectivity index (χ0n) is 11.2. The molecule has 96 valence electrons. The first-order valence-electron chi connectivity index (χ1n) is 6.30. The van der Waals surface area contributed by atoms with Crippen molar-refractivity contribution >= 4 is 5.91 Å². The molecule has 1 atom stereocenters. The SMILES string of the molecule is CCN(CC)CC(C)NCCCC(=O)NC. The Labute approximate surface area is 99.8 Å². The number of nitrogens with zero attached hydrogens (tertiary/aromatic N) is 1. The summed E-state index contributed by atoms with van der Waals surface area (Å²) in [5, 5.41) is 6.07. The summed E-state index contributed by atoms with van der Waals surface area (Å²) in [6.07, 6.45) is 1.52. The molecule has 1 unspecified atom stereocenters. The molecule has 16 heavy (non-hydrogen) atoms. The number of carbonyl (C=O) groups is 1. The van der Waals surface area contributed by atoms with Crippen molar-refractivity contribution in [2.24, 2.45) is 0 Å². The van der Waals surface area contributed by atoms with Gasteiger partial charge in [0.25, 0.3) is 0 Å². The number of hydrogen-bond acceptors (Lipinski definition) is 3. The van der Waals surface area contributed by atoms with E-state index in [9.17, 15) is 4.79 Å². The molecule has 4 nitrogen and oxygen atoms in total. The standard InChI is InChI=1S/C12H27N3O/c1-5-15(6-2)10-11(3)14-9-7-8-12(16)13-4/h11,14H,5-10H2,1-4H3,(H,13,16). The smallest absolute Gasteiger partial charge is 0.219 e. The van der Waals surface area contributed by atoms with Crippen LogP contribution in [0.3, 0.4) is 0 Å². The van der Waals surface area contributed by atoms with Crippen LogP contribution in [0.15, 0.2) is 0 Å². The number of hydrogen-bond donors (Lipinski definition) is 2. The molecule has 0 spiro atoms. The molecule has 0 radical (unpaired) electrons. The first-order valence-corrected chi connectivity index (χ1v) is 6.30. The van der Waals surface area contributed by atoms with E-state index in [4.69, 9.17) is 0 Å². The van der Waals surface area contributed by atoms with E-state index in [1.807, 2.05) is 0 Å². The summed E-state index contributed by atoms with van der Waals surface area (Å²) >= 11 is 0. The van der Waals surface area contributed by atoms with Crippen molar-refractivity contribution in [3.63, 3.8) is 0 Å². The minimum atomic E-state index is 0.123. The maximum Gasteiger partial charge on any atom is 0.219 e. The van der Waals surface area contributed by atoms with E-state index in [-0.39, 0.29) is 5.91 Å². The largest absolute Gasteiger partial charge is 0.359 e. The number of amides is 1. The van der Waals surface area contributed by atoms with Gasteiger partial charge in [0.2, 0.25) is 5.91 Å². The second-order valence-electron chi connectivity index (χ2n) is 4.12. The summed E-state index contributed by atoms with van der Waals surface area (Å²) in [7, 11) is 1.68. The average molecular weight is 229 g/mol. The summed E-state index contributed by atoms with van der Waals surface area (Å²) < 4.78 is 0. The van der Waals surface area contributed by atoms with Crippen molar-refractivity contribution in [1.29, 1.82) is 0 Å². The van der Waals surface area contributed by atoms with Gasteiger partial charge in [-0.15, -0.1) is 0 Å². The molecule has 0 bridgehead atoms. The molecule has 0 saturated heterocycles. The lowest BCUT2D eigenvalue weighted by Gasteiger charge is -2.23. The van der Waals surface area contributed by atoms with Gasteiger partial charge in [0.1, 0.15) is 0 Å². The van der Waals surface area contributed by atoms with Gasteiger partial charge in [0.05, 0.1) is 0 Å². The van der Waals surface area contributed by atoms with E-state index in [2.05, 4.69) is 36.3 Å². The van der Waals surface area contributed by atoms with E-state index in [1.54, 1.807) is 7.05 Å². The fourth-order valence-electron chi connectivity index (χ4n) is 1.66. The van der Waals surface area contributed by atoms with Crippen LogP contribution in [0.5, 0.6) is 0 Å². The van der Waals surface area contributed by atoms with Crippen LogP contribution >= 0.6 is 0 Å². The Kier molecular flexibility index (Phi) is 9.24. The normalized spacial score (nSPS) is 12.8. The molecule has 1 amide bonds. The van der Waals surface area contributed by atoms with E-state index in [0.29, 0.717) is 12.5 Å². The Morgan fingerprint density at radius 3 is 2.44 bits per heavy atom. The van der Waals surface area contributed by atoms with Crippen LogP contribution in [0.4, 0.5) is 0 Å². The Morgan fingerprint density at radius 1 is 1.31 bits per heavy atom. The second kappa shape index (κ2) is 9.60. The van der Waals surface area contributed by atoms with Crippen molar-refractivity contribution in [2.75, 3.05) is 33.2 Å². The van der Waals surface area contributed by atoms with Crippen molar-refractivity contribution in [3.8, 4) is 0 Å². The lowest BCUT2D eigenvalue weighted by atomic mass is 10.2. The van der Waals surface area contributed by atoms with Crippen LogP contribution in [0, 0.1) is 0 Å². The summed E-state index contributed by atoms with van der Waals surface area (Å²) in [6.45, 7) is 10.7. The molecule has 0 aliphatic heterocycles. The van der Waals surface area contributed by atoms with Gasteiger partial charge in [0, 0.05) is 26.1 Å². The van der Waals surface area contributed by atoms with Gasteiger partial charge < -0.3 is 15.5 Å².